The van der Waals surface area contributed by atoms with E-state index >= 15 is 0 Å². The van der Waals surface area contributed by atoms with E-state index in [2.05, 4.69) is 43.0 Å². The van der Waals surface area contributed by atoms with E-state index in [4.69, 9.17) is 0 Å². The van der Waals surface area contributed by atoms with Gasteiger partial charge in [0.2, 0.25) is 0 Å². The summed E-state index contributed by atoms with van der Waals surface area (Å²) in [6.07, 6.45) is -1.07. The van der Waals surface area contributed by atoms with Crippen molar-refractivity contribution in [3.8, 4) is 0 Å². The summed E-state index contributed by atoms with van der Waals surface area (Å²) < 4.78 is 0.865. The molecule has 1 aliphatic heterocycles. The van der Waals surface area contributed by atoms with E-state index in [1.165, 1.54) is 5.56 Å². The SMILES string of the molecule is CN(Cc1ccsc1)c1cc2c(cc1Br)C(O)C(=O)N2. The average Bonchev–Trinajstić information content (AvgIpc) is 3.00. The third-order valence-corrected chi connectivity index (χ3v) is 4.70. The van der Waals surface area contributed by atoms with Crippen molar-refractivity contribution in [1.82, 2.24) is 0 Å². The van der Waals surface area contributed by atoms with Gasteiger partial charge in [-0.1, -0.05) is 0 Å². The number of amides is 1. The molecule has 1 atom stereocenters. The molecule has 0 spiro atoms. The summed E-state index contributed by atoms with van der Waals surface area (Å²) in [5.41, 5.74) is 3.52. The maximum atomic E-state index is 11.5. The van der Waals surface area contributed by atoms with Crippen LogP contribution in [0.15, 0.2) is 33.4 Å². The van der Waals surface area contributed by atoms with Gasteiger partial charge >= 0.3 is 0 Å². The minimum atomic E-state index is -1.07. The Hall–Kier alpha value is -1.37. The molecule has 1 amide bonds. The number of rotatable bonds is 3. The number of carbonyl (C=O) groups is 1. The topological polar surface area (TPSA) is 52.6 Å². The standard InChI is InChI=1S/C14H13BrN2O2S/c1-17(6-8-2-3-20-7-8)12-5-11-9(4-10(12)15)13(18)14(19)16-11/h2-5,7,13,18H,6H2,1H3,(H,16,19). The third-order valence-electron chi connectivity index (χ3n) is 3.33. The molecule has 3 rings (SSSR count). The number of carbonyl (C=O) groups excluding carboxylic acids is 1. The summed E-state index contributed by atoms with van der Waals surface area (Å²) >= 11 is 5.19. The van der Waals surface area contributed by atoms with Crippen molar-refractivity contribution in [2.75, 3.05) is 17.3 Å². The van der Waals surface area contributed by atoms with E-state index in [9.17, 15) is 9.90 Å². The number of aliphatic hydroxyl groups is 1. The lowest BCUT2D eigenvalue weighted by Gasteiger charge is -2.21. The Morgan fingerprint density at radius 1 is 1.50 bits per heavy atom. The van der Waals surface area contributed by atoms with Crippen molar-refractivity contribution < 1.29 is 9.90 Å². The maximum absolute atomic E-state index is 11.5. The minimum Gasteiger partial charge on any atom is -0.378 e. The van der Waals surface area contributed by atoms with Crippen molar-refractivity contribution in [2.24, 2.45) is 0 Å². The minimum absolute atomic E-state index is 0.371. The number of benzene rings is 1. The maximum Gasteiger partial charge on any atom is 0.257 e. The number of anilines is 2. The summed E-state index contributed by atoms with van der Waals surface area (Å²) in [6.45, 7) is 0.789. The van der Waals surface area contributed by atoms with Gasteiger partial charge in [-0.2, -0.15) is 11.3 Å². The number of hydrogen-bond donors (Lipinski definition) is 2. The fraction of sp³-hybridized carbons (Fsp3) is 0.214. The zero-order valence-corrected chi connectivity index (χ0v) is 13.2. The number of halogens is 1. The summed E-state index contributed by atoms with van der Waals surface area (Å²) in [6, 6.07) is 5.78. The smallest absolute Gasteiger partial charge is 0.257 e. The molecule has 0 saturated heterocycles. The first-order valence-corrected chi connectivity index (χ1v) is 7.84. The number of fused-ring (bicyclic) bond motifs is 1. The molecule has 0 fully saturated rings. The van der Waals surface area contributed by atoms with E-state index in [0.717, 1.165) is 16.7 Å². The summed E-state index contributed by atoms with van der Waals surface area (Å²) in [5, 5.41) is 16.6. The molecular weight excluding hydrogens is 340 g/mol. The highest BCUT2D eigenvalue weighted by Crippen LogP contribution is 2.39. The van der Waals surface area contributed by atoms with Crippen molar-refractivity contribution in [1.29, 1.82) is 0 Å². The van der Waals surface area contributed by atoms with Gasteiger partial charge in [0.05, 0.1) is 5.69 Å². The highest BCUT2D eigenvalue weighted by atomic mass is 79.9. The van der Waals surface area contributed by atoms with E-state index in [1.54, 1.807) is 17.4 Å². The number of nitrogens with zero attached hydrogens (tertiary/aromatic N) is 1. The van der Waals surface area contributed by atoms with Crippen LogP contribution in [0.25, 0.3) is 0 Å². The molecule has 1 aliphatic rings. The van der Waals surface area contributed by atoms with Gasteiger partial charge in [-0.3, -0.25) is 4.79 Å². The molecule has 1 aromatic carbocycles. The van der Waals surface area contributed by atoms with Crippen LogP contribution >= 0.6 is 27.3 Å². The number of hydrogen-bond acceptors (Lipinski definition) is 4. The van der Waals surface area contributed by atoms with Crippen molar-refractivity contribution in [3.63, 3.8) is 0 Å². The van der Waals surface area contributed by atoms with E-state index < -0.39 is 6.10 Å². The molecular formula is C14H13BrN2O2S. The van der Waals surface area contributed by atoms with Crippen LogP contribution < -0.4 is 10.2 Å². The monoisotopic (exact) mass is 352 g/mol. The summed E-state index contributed by atoms with van der Waals surface area (Å²) in [5.74, 6) is -0.371. The Bertz CT molecular complexity index is 657. The van der Waals surface area contributed by atoms with E-state index in [0.29, 0.717) is 11.3 Å². The Kier molecular flexibility index (Phi) is 3.54. The first-order chi connectivity index (χ1) is 9.56. The number of thiophene rings is 1. The number of nitrogens with one attached hydrogen (secondary N) is 1. The van der Waals surface area contributed by atoms with Crippen LogP contribution in [0.1, 0.15) is 17.2 Å². The first kappa shape index (κ1) is 13.6. The van der Waals surface area contributed by atoms with Gasteiger partial charge in [-0.25, -0.2) is 0 Å². The second-order valence-electron chi connectivity index (χ2n) is 4.77. The molecule has 2 heterocycles. The molecule has 0 radical (unpaired) electrons. The molecule has 0 saturated carbocycles. The molecule has 0 aliphatic carbocycles. The van der Waals surface area contributed by atoms with E-state index in [1.807, 2.05) is 13.1 Å². The highest BCUT2D eigenvalue weighted by Gasteiger charge is 2.29. The molecule has 1 aromatic heterocycles. The van der Waals surface area contributed by atoms with Crippen LogP contribution in [-0.4, -0.2) is 18.1 Å². The molecule has 1 unspecified atom stereocenters. The zero-order chi connectivity index (χ0) is 14.3. The van der Waals surface area contributed by atoms with Gasteiger partial charge in [0.1, 0.15) is 0 Å². The second kappa shape index (κ2) is 5.20. The molecule has 2 N–H and O–H groups in total. The second-order valence-corrected chi connectivity index (χ2v) is 6.40. The Balaban J connectivity index is 1.91. The normalized spacial score (nSPS) is 16.9. The van der Waals surface area contributed by atoms with Crippen LogP contribution in [0.4, 0.5) is 11.4 Å². The van der Waals surface area contributed by atoms with Gasteiger partial charge in [0, 0.05) is 29.3 Å². The fourth-order valence-electron chi connectivity index (χ4n) is 2.29. The zero-order valence-electron chi connectivity index (χ0n) is 10.8. The summed E-state index contributed by atoms with van der Waals surface area (Å²) in [7, 11) is 2.00. The highest BCUT2D eigenvalue weighted by molar-refractivity contribution is 9.10. The molecule has 2 aromatic rings. The molecule has 4 nitrogen and oxygen atoms in total. The predicted octanol–water partition coefficient (Wildman–Crippen LogP) is 3.13. The quantitative estimate of drug-likeness (QED) is 0.892. The van der Waals surface area contributed by atoms with Gasteiger partial charge in [-0.05, 0) is 50.5 Å². The lowest BCUT2D eigenvalue weighted by Crippen LogP contribution is -2.16. The van der Waals surface area contributed by atoms with Crippen molar-refractivity contribution in [2.45, 2.75) is 12.6 Å². The van der Waals surface area contributed by atoms with E-state index in [-0.39, 0.29) is 5.91 Å². The van der Waals surface area contributed by atoms with Crippen molar-refractivity contribution in [3.05, 3.63) is 44.6 Å². The van der Waals surface area contributed by atoms with Gasteiger partial charge < -0.3 is 15.3 Å². The Labute approximate surface area is 129 Å². The largest absolute Gasteiger partial charge is 0.378 e. The predicted molar refractivity (Wildman–Crippen MR) is 84.2 cm³/mol. The Morgan fingerprint density at radius 2 is 2.30 bits per heavy atom. The summed E-state index contributed by atoms with van der Waals surface area (Å²) in [4.78, 5) is 13.6. The fourth-order valence-corrected chi connectivity index (χ4v) is 3.61. The molecule has 104 valence electrons. The van der Waals surface area contributed by atoms with Crippen LogP contribution in [-0.2, 0) is 11.3 Å². The van der Waals surface area contributed by atoms with Crippen molar-refractivity contribution >= 4 is 44.5 Å². The van der Waals surface area contributed by atoms with Gasteiger partial charge in [-0.15, -0.1) is 0 Å². The van der Waals surface area contributed by atoms with Crippen LogP contribution in [0, 0.1) is 0 Å². The Morgan fingerprint density at radius 3 is 3.00 bits per heavy atom. The molecule has 6 heteroatoms. The average molecular weight is 353 g/mol. The molecule has 0 bridgehead atoms. The van der Waals surface area contributed by atoms with Crippen LogP contribution in [0.5, 0.6) is 0 Å². The third kappa shape index (κ3) is 2.34. The van der Waals surface area contributed by atoms with Crippen LogP contribution in [0.2, 0.25) is 0 Å². The van der Waals surface area contributed by atoms with Gasteiger partial charge in [0.25, 0.3) is 5.91 Å². The lowest BCUT2D eigenvalue weighted by molar-refractivity contribution is -0.123. The number of aliphatic hydroxyl groups excluding tert-OH is 1. The molecule has 20 heavy (non-hydrogen) atoms. The van der Waals surface area contributed by atoms with Gasteiger partial charge in [0.15, 0.2) is 6.10 Å². The first-order valence-electron chi connectivity index (χ1n) is 6.11. The lowest BCUT2D eigenvalue weighted by atomic mass is 10.1. The van der Waals surface area contributed by atoms with Crippen LogP contribution in [0.3, 0.4) is 0 Å².